The molecular weight excluding hydrogens is 466 g/mol. The minimum Gasteiger partial charge on any atom is -0.367 e. The van der Waals surface area contributed by atoms with Gasteiger partial charge < -0.3 is 10.2 Å². The minimum atomic E-state index is -0.935. The Kier molecular flexibility index (Phi) is 6.66. The number of aromatic nitrogens is 1. The molecule has 1 aromatic heterocycles. The minimum absolute atomic E-state index is 0.191. The highest BCUT2D eigenvalue weighted by atomic mass is 35.5. The van der Waals surface area contributed by atoms with E-state index in [1.807, 2.05) is 19.1 Å². The summed E-state index contributed by atoms with van der Waals surface area (Å²) in [6.07, 6.45) is 5.82. The van der Waals surface area contributed by atoms with Crippen molar-refractivity contribution in [2.24, 2.45) is 0 Å². The van der Waals surface area contributed by atoms with Crippen molar-refractivity contribution < 1.29 is 13.6 Å². The highest BCUT2D eigenvalue weighted by Crippen LogP contribution is 2.34. The van der Waals surface area contributed by atoms with Crippen molar-refractivity contribution in [2.45, 2.75) is 12.3 Å². The maximum Gasteiger partial charge on any atom is 0.263 e. The van der Waals surface area contributed by atoms with Crippen LogP contribution in [0.3, 0.4) is 0 Å². The Morgan fingerprint density at radius 3 is 2.61 bits per heavy atom. The molecule has 9 heteroatoms. The zero-order valence-corrected chi connectivity index (χ0v) is 19.4. The fourth-order valence-electron chi connectivity index (χ4n) is 3.71. The molecule has 170 valence electrons. The van der Waals surface area contributed by atoms with Crippen molar-refractivity contribution in [1.29, 1.82) is 0 Å². The first-order valence-corrected chi connectivity index (χ1v) is 11.5. The van der Waals surface area contributed by atoms with Crippen molar-refractivity contribution in [3.63, 3.8) is 0 Å². The lowest BCUT2D eigenvalue weighted by Crippen LogP contribution is -2.44. The summed E-state index contributed by atoms with van der Waals surface area (Å²) in [5.41, 5.74) is 0.0234. The van der Waals surface area contributed by atoms with Gasteiger partial charge in [-0.2, -0.15) is 0 Å². The Morgan fingerprint density at radius 2 is 1.94 bits per heavy atom. The quantitative estimate of drug-likeness (QED) is 0.514. The van der Waals surface area contributed by atoms with E-state index in [0.717, 1.165) is 23.0 Å². The number of thiazole rings is 1. The molecule has 3 aromatic rings. The molecule has 33 heavy (non-hydrogen) atoms. The number of rotatable bonds is 5. The lowest BCUT2D eigenvalue weighted by molar-refractivity contribution is 0.101. The Hall–Kier alpha value is -2.99. The predicted molar refractivity (Wildman–Crippen MR) is 128 cm³/mol. The van der Waals surface area contributed by atoms with Gasteiger partial charge in [0.25, 0.3) is 5.91 Å². The standard InChI is InChI=1S/C24H21ClF2N4OS/c1-3-24(2,15-4-6-16(25)7-5-15)19-14-33-23(29-19)30-22(32)20-17(26)8-9-18(21(20)27)31-12-10-28-11-13-31/h1,4-9,14,28H,10-13H2,2H3,(H,29,30,32). The number of halogens is 3. The summed E-state index contributed by atoms with van der Waals surface area (Å²) in [4.78, 5) is 19.0. The van der Waals surface area contributed by atoms with Crippen LogP contribution in [0.1, 0.15) is 28.5 Å². The number of terminal acetylenes is 1. The fourth-order valence-corrected chi connectivity index (χ4v) is 4.65. The van der Waals surface area contributed by atoms with E-state index in [2.05, 4.69) is 21.5 Å². The summed E-state index contributed by atoms with van der Waals surface area (Å²) in [6, 6.07) is 9.56. The van der Waals surface area contributed by atoms with E-state index in [0.29, 0.717) is 36.9 Å². The molecule has 0 bridgehead atoms. The summed E-state index contributed by atoms with van der Waals surface area (Å²) in [5, 5.41) is 8.18. The van der Waals surface area contributed by atoms with Gasteiger partial charge in [0, 0.05) is 36.6 Å². The number of benzene rings is 2. The van der Waals surface area contributed by atoms with Crippen LogP contribution < -0.4 is 15.5 Å². The van der Waals surface area contributed by atoms with Crippen molar-refractivity contribution in [3.8, 4) is 12.3 Å². The number of amides is 1. The van der Waals surface area contributed by atoms with E-state index in [1.54, 1.807) is 22.4 Å². The van der Waals surface area contributed by atoms with Gasteiger partial charge in [-0.25, -0.2) is 13.8 Å². The van der Waals surface area contributed by atoms with Gasteiger partial charge in [-0.15, -0.1) is 17.8 Å². The average Bonchev–Trinajstić information content (AvgIpc) is 3.28. The summed E-state index contributed by atoms with van der Waals surface area (Å²) in [6.45, 7) is 4.32. The predicted octanol–water partition coefficient (Wildman–Crippen LogP) is 4.68. The highest BCUT2D eigenvalue weighted by molar-refractivity contribution is 7.14. The zero-order chi connectivity index (χ0) is 23.6. The molecule has 2 heterocycles. The van der Waals surface area contributed by atoms with Gasteiger partial charge in [0.15, 0.2) is 10.9 Å². The molecule has 1 saturated heterocycles. The first-order chi connectivity index (χ1) is 15.8. The summed E-state index contributed by atoms with van der Waals surface area (Å²) in [7, 11) is 0. The summed E-state index contributed by atoms with van der Waals surface area (Å²) >= 11 is 7.10. The van der Waals surface area contributed by atoms with E-state index in [1.165, 1.54) is 6.07 Å². The molecule has 1 unspecified atom stereocenters. The number of carbonyl (C=O) groups is 1. The van der Waals surface area contributed by atoms with Crippen LogP contribution in [0.4, 0.5) is 19.6 Å². The Balaban J connectivity index is 1.59. The van der Waals surface area contributed by atoms with Gasteiger partial charge in [-0.1, -0.05) is 29.7 Å². The van der Waals surface area contributed by atoms with E-state index >= 15 is 4.39 Å². The number of carbonyl (C=O) groups excluding carboxylic acids is 1. The van der Waals surface area contributed by atoms with Crippen molar-refractivity contribution in [3.05, 3.63) is 75.3 Å². The molecule has 0 saturated carbocycles. The van der Waals surface area contributed by atoms with Gasteiger partial charge in [0.1, 0.15) is 11.4 Å². The first kappa shape index (κ1) is 23.2. The third-order valence-corrected chi connectivity index (χ3v) is 6.71. The van der Waals surface area contributed by atoms with Crippen molar-refractivity contribution in [1.82, 2.24) is 10.3 Å². The number of nitrogens with one attached hydrogen (secondary N) is 2. The molecule has 1 aliphatic heterocycles. The van der Waals surface area contributed by atoms with Gasteiger partial charge in [0.05, 0.1) is 16.8 Å². The normalized spacial score (nSPS) is 15.5. The second-order valence-corrected chi connectivity index (χ2v) is 9.06. The van der Waals surface area contributed by atoms with Crippen molar-refractivity contribution in [2.75, 3.05) is 36.4 Å². The van der Waals surface area contributed by atoms with E-state index in [9.17, 15) is 9.18 Å². The van der Waals surface area contributed by atoms with Gasteiger partial charge in [0.2, 0.25) is 0 Å². The number of hydrogen-bond donors (Lipinski definition) is 2. The summed E-state index contributed by atoms with van der Waals surface area (Å²) in [5.74, 6) is 0.0198. The van der Waals surface area contributed by atoms with Gasteiger partial charge in [-0.05, 0) is 36.8 Å². The SMILES string of the molecule is C#CC(C)(c1ccc(Cl)cc1)c1csc(NC(=O)c2c(F)ccc(N3CCNCC3)c2F)n1. The molecule has 2 aromatic carbocycles. The lowest BCUT2D eigenvalue weighted by Gasteiger charge is -2.30. The molecule has 0 radical (unpaired) electrons. The zero-order valence-electron chi connectivity index (χ0n) is 17.8. The van der Waals surface area contributed by atoms with Gasteiger partial charge >= 0.3 is 0 Å². The molecule has 5 nitrogen and oxygen atoms in total. The Morgan fingerprint density at radius 1 is 1.24 bits per heavy atom. The number of hydrogen-bond acceptors (Lipinski definition) is 5. The third kappa shape index (κ3) is 4.58. The van der Waals surface area contributed by atoms with Gasteiger partial charge in [-0.3, -0.25) is 10.1 Å². The maximum absolute atomic E-state index is 15.2. The number of anilines is 2. The molecule has 1 atom stereocenters. The Labute approximate surface area is 199 Å². The van der Waals surface area contributed by atoms with Crippen LogP contribution in [0.5, 0.6) is 0 Å². The first-order valence-electron chi connectivity index (χ1n) is 10.3. The Bertz CT molecular complexity index is 1220. The maximum atomic E-state index is 15.2. The average molecular weight is 487 g/mol. The molecule has 1 aliphatic rings. The molecule has 4 rings (SSSR count). The van der Waals surface area contributed by atoms with E-state index in [-0.39, 0.29) is 10.8 Å². The van der Waals surface area contributed by atoms with Crippen LogP contribution in [-0.2, 0) is 5.41 Å². The second-order valence-electron chi connectivity index (χ2n) is 7.76. The van der Waals surface area contributed by atoms with E-state index in [4.69, 9.17) is 18.0 Å². The number of piperazine rings is 1. The van der Waals surface area contributed by atoms with Crippen LogP contribution in [0.25, 0.3) is 0 Å². The smallest absolute Gasteiger partial charge is 0.263 e. The molecule has 1 fully saturated rings. The molecular formula is C24H21ClF2N4OS. The van der Waals surface area contributed by atoms with Crippen LogP contribution >= 0.6 is 22.9 Å². The largest absolute Gasteiger partial charge is 0.367 e. The monoisotopic (exact) mass is 486 g/mol. The molecule has 2 N–H and O–H groups in total. The van der Waals surface area contributed by atoms with Crippen LogP contribution in [-0.4, -0.2) is 37.1 Å². The fraction of sp³-hybridized carbons (Fsp3) is 0.250. The molecule has 1 amide bonds. The van der Waals surface area contributed by atoms with Crippen LogP contribution in [0.2, 0.25) is 5.02 Å². The second kappa shape index (κ2) is 9.48. The van der Waals surface area contributed by atoms with E-state index < -0.39 is 28.5 Å². The van der Waals surface area contributed by atoms with Crippen LogP contribution in [0.15, 0.2) is 41.8 Å². The topological polar surface area (TPSA) is 57.3 Å². The number of nitrogens with zero attached hydrogens (tertiary/aromatic N) is 2. The van der Waals surface area contributed by atoms with Crippen molar-refractivity contribution >= 4 is 39.7 Å². The summed E-state index contributed by atoms with van der Waals surface area (Å²) < 4.78 is 29.6. The highest BCUT2D eigenvalue weighted by Gasteiger charge is 2.30. The molecule has 0 aliphatic carbocycles. The molecule has 0 spiro atoms. The third-order valence-electron chi connectivity index (χ3n) is 5.70. The lowest BCUT2D eigenvalue weighted by atomic mass is 9.81. The van der Waals surface area contributed by atoms with Crippen LogP contribution in [0, 0.1) is 24.0 Å².